The van der Waals surface area contributed by atoms with Crippen LogP contribution in [0.15, 0.2) is 61.1 Å². The molecule has 0 amide bonds. The number of aryl methyl sites for hydroxylation is 1. The van der Waals surface area contributed by atoms with Crippen molar-refractivity contribution in [3.05, 3.63) is 72.7 Å². The molecule has 0 atom stereocenters. The number of H-pyrrole nitrogens is 2. The summed E-state index contributed by atoms with van der Waals surface area (Å²) < 4.78 is 16.5. The third-order valence-corrected chi connectivity index (χ3v) is 5.88. The molecule has 0 radical (unpaired) electrons. The van der Waals surface area contributed by atoms with Crippen LogP contribution in [0.5, 0.6) is 0 Å². The average Bonchev–Trinajstić information content (AvgIpc) is 3.50. The van der Waals surface area contributed by atoms with Gasteiger partial charge in [-0.05, 0) is 36.8 Å². The van der Waals surface area contributed by atoms with Crippen molar-refractivity contribution < 1.29 is 4.39 Å². The van der Waals surface area contributed by atoms with Crippen molar-refractivity contribution in [2.24, 2.45) is 7.05 Å². The molecular formula is C24H18FN7. The van der Waals surface area contributed by atoms with E-state index in [1.807, 2.05) is 49.0 Å². The van der Waals surface area contributed by atoms with Gasteiger partial charge in [0.05, 0.1) is 35.0 Å². The number of halogens is 1. The van der Waals surface area contributed by atoms with Crippen molar-refractivity contribution in [2.45, 2.75) is 6.92 Å². The molecule has 6 rings (SSSR count). The van der Waals surface area contributed by atoms with Gasteiger partial charge in [0.15, 0.2) is 0 Å². The molecule has 156 valence electrons. The Balaban J connectivity index is 1.53. The standard InChI is InChI=1S/C24H18FN7/c1-13-27-12-22(32(13)2)19-10-17-21(11-28-19)30-31-23(17)20-9-16-14(7-8-26-24(16)29-20)15-5-3-4-6-18(15)25/h3-12H,1-2H3,(H,26,29)(H,30,31). The number of pyridine rings is 2. The molecule has 0 aliphatic heterocycles. The second kappa shape index (κ2) is 6.84. The maximum absolute atomic E-state index is 14.5. The maximum atomic E-state index is 14.5. The van der Waals surface area contributed by atoms with Gasteiger partial charge in [-0.15, -0.1) is 0 Å². The van der Waals surface area contributed by atoms with Crippen molar-refractivity contribution in [3.8, 4) is 33.9 Å². The first kappa shape index (κ1) is 18.4. The Bertz CT molecular complexity index is 1620. The number of aromatic nitrogens is 7. The highest BCUT2D eigenvalue weighted by Crippen LogP contribution is 2.34. The van der Waals surface area contributed by atoms with Crippen molar-refractivity contribution >= 4 is 21.9 Å². The Hall–Kier alpha value is -4.33. The normalized spacial score (nSPS) is 11.6. The highest BCUT2D eigenvalue weighted by Gasteiger charge is 2.17. The third-order valence-electron chi connectivity index (χ3n) is 5.88. The molecule has 5 aromatic heterocycles. The molecule has 1 aromatic carbocycles. The number of fused-ring (bicyclic) bond motifs is 2. The average molecular weight is 423 g/mol. The summed E-state index contributed by atoms with van der Waals surface area (Å²) in [7, 11) is 1.97. The number of aromatic amines is 2. The number of hydrogen-bond acceptors (Lipinski definition) is 4. The fourth-order valence-electron chi connectivity index (χ4n) is 4.07. The number of nitrogens with one attached hydrogen (secondary N) is 2. The Morgan fingerprint density at radius 2 is 1.81 bits per heavy atom. The molecule has 8 heteroatoms. The highest BCUT2D eigenvalue weighted by molar-refractivity contribution is 6.00. The van der Waals surface area contributed by atoms with Gasteiger partial charge in [0, 0.05) is 29.6 Å². The van der Waals surface area contributed by atoms with E-state index >= 15 is 0 Å². The van der Waals surface area contributed by atoms with Crippen molar-refractivity contribution in [1.82, 2.24) is 34.7 Å². The van der Waals surface area contributed by atoms with Gasteiger partial charge >= 0.3 is 0 Å². The fourth-order valence-corrected chi connectivity index (χ4v) is 4.07. The Labute approximate surface area is 182 Å². The Morgan fingerprint density at radius 3 is 2.62 bits per heavy atom. The molecule has 0 spiro atoms. The lowest BCUT2D eigenvalue weighted by atomic mass is 10.0. The zero-order valence-corrected chi connectivity index (χ0v) is 17.4. The summed E-state index contributed by atoms with van der Waals surface area (Å²) in [5, 5.41) is 9.33. The molecule has 0 saturated heterocycles. The number of imidazole rings is 1. The first-order chi connectivity index (χ1) is 15.6. The Morgan fingerprint density at radius 1 is 0.938 bits per heavy atom. The predicted octanol–water partition coefficient (Wildman–Crippen LogP) is 5.02. The maximum Gasteiger partial charge on any atom is 0.138 e. The molecule has 32 heavy (non-hydrogen) atoms. The summed E-state index contributed by atoms with van der Waals surface area (Å²) in [5.74, 6) is 0.645. The van der Waals surface area contributed by atoms with Crippen LogP contribution in [0, 0.1) is 12.7 Å². The molecule has 0 aliphatic carbocycles. The summed E-state index contributed by atoms with van der Waals surface area (Å²) in [4.78, 5) is 16.7. The molecule has 0 fully saturated rings. The van der Waals surface area contributed by atoms with E-state index in [0.29, 0.717) is 11.2 Å². The fraction of sp³-hybridized carbons (Fsp3) is 0.0833. The largest absolute Gasteiger partial charge is 0.338 e. The van der Waals surface area contributed by atoms with E-state index in [1.54, 1.807) is 24.5 Å². The van der Waals surface area contributed by atoms with Crippen LogP contribution in [0.1, 0.15) is 5.82 Å². The van der Waals surface area contributed by atoms with Crippen LogP contribution < -0.4 is 0 Å². The molecule has 0 saturated carbocycles. The third kappa shape index (κ3) is 2.73. The topological polar surface area (TPSA) is 88.1 Å². The molecule has 2 N–H and O–H groups in total. The van der Waals surface area contributed by atoms with Crippen LogP contribution in [-0.4, -0.2) is 34.7 Å². The van der Waals surface area contributed by atoms with Crippen molar-refractivity contribution in [3.63, 3.8) is 0 Å². The summed E-state index contributed by atoms with van der Waals surface area (Å²) in [6.45, 7) is 1.95. The molecular weight excluding hydrogens is 405 g/mol. The van der Waals surface area contributed by atoms with E-state index in [9.17, 15) is 4.39 Å². The lowest BCUT2D eigenvalue weighted by Crippen LogP contribution is -1.95. The minimum atomic E-state index is -0.268. The number of benzene rings is 1. The summed E-state index contributed by atoms with van der Waals surface area (Å²) >= 11 is 0. The van der Waals surface area contributed by atoms with Crippen LogP contribution in [0.25, 0.3) is 55.8 Å². The van der Waals surface area contributed by atoms with Gasteiger partial charge in [0.2, 0.25) is 0 Å². The van der Waals surface area contributed by atoms with Gasteiger partial charge in [-0.3, -0.25) is 10.1 Å². The van der Waals surface area contributed by atoms with Crippen molar-refractivity contribution in [1.29, 1.82) is 0 Å². The quantitative estimate of drug-likeness (QED) is 0.419. The van der Waals surface area contributed by atoms with E-state index in [4.69, 9.17) is 0 Å². The van der Waals surface area contributed by atoms with Gasteiger partial charge < -0.3 is 9.55 Å². The van der Waals surface area contributed by atoms with Crippen LogP contribution in [0.4, 0.5) is 4.39 Å². The van der Waals surface area contributed by atoms with E-state index in [1.165, 1.54) is 6.07 Å². The van der Waals surface area contributed by atoms with Gasteiger partial charge in [-0.2, -0.15) is 5.10 Å². The zero-order chi connectivity index (χ0) is 21.8. The molecule has 7 nitrogen and oxygen atoms in total. The van der Waals surface area contributed by atoms with Crippen LogP contribution in [0.2, 0.25) is 0 Å². The van der Waals surface area contributed by atoms with Gasteiger partial charge in [0.25, 0.3) is 0 Å². The first-order valence-corrected chi connectivity index (χ1v) is 10.2. The van der Waals surface area contributed by atoms with Gasteiger partial charge in [-0.1, -0.05) is 18.2 Å². The SMILES string of the molecule is Cc1ncc(-c2cc3c(-c4cc5c(-c6ccccc6F)ccnc5[nH]4)n[nH]c3cn2)n1C. The second-order valence-corrected chi connectivity index (χ2v) is 7.72. The van der Waals surface area contributed by atoms with E-state index in [2.05, 4.69) is 30.1 Å². The number of hydrogen-bond donors (Lipinski definition) is 2. The summed E-state index contributed by atoms with van der Waals surface area (Å²) in [5.41, 5.74) is 6.10. The second-order valence-electron chi connectivity index (χ2n) is 7.72. The lowest BCUT2D eigenvalue weighted by Gasteiger charge is -2.04. The van der Waals surface area contributed by atoms with E-state index in [-0.39, 0.29) is 5.82 Å². The van der Waals surface area contributed by atoms with E-state index in [0.717, 1.165) is 50.5 Å². The van der Waals surface area contributed by atoms with Gasteiger partial charge in [-0.25, -0.2) is 14.4 Å². The van der Waals surface area contributed by atoms with Crippen LogP contribution in [-0.2, 0) is 7.05 Å². The smallest absolute Gasteiger partial charge is 0.138 e. The molecule has 5 heterocycles. The summed E-state index contributed by atoms with van der Waals surface area (Å²) in [6.07, 6.45) is 5.27. The minimum absolute atomic E-state index is 0.268. The Kier molecular flexibility index (Phi) is 3.94. The summed E-state index contributed by atoms with van der Waals surface area (Å²) in [6, 6.07) is 12.5. The first-order valence-electron chi connectivity index (χ1n) is 10.2. The molecule has 0 unspecified atom stereocenters. The molecule has 0 bridgehead atoms. The molecule has 6 aromatic rings. The minimum Gasteiger partial charge on any atom is -0.338 e. The van der Waals surface area contributed by atoms with E-state index < -0.39 is 0 Å². The number of rotatable bonds is 3. The zero-order valence-electron chi connectivity index (χ0n) is 17.4. The van der Waals surface area contributed by atoms with Crippen LogP contribution in [0.3, 0.4) is 0 Å². The monoisotopic (exact) mass is 423 g/mol. The lowest BCUT2D eigenvalue weighted by molar-refractivity contribution is 0.631. The molecule has 0 aliphatic rings. The van der Waals surface area contributed by atoms with Crippen molar-refractivity contribution in [2.75, 3.05) is 0 Å². The van der Waals surface area contributed by atoms with Gasteiger partial charge in [0.1, 0.15) is 23.0 Å². The predicted molar refractivity (Wildman–Crippen MR) is 121 cm³/mol. The highest BCUT2D eigenvalue weighted by atomic mass is 19.1. The number of nitrogens with zero attached hydrogens (tertiary/aromatic N) is 5. The van der Waals surface area contributed by atoms with Crippen LogP contribution >= 0.6 is 0 Å².